The molecule has 1 aliphatic carbocycles. The third-order valence-electron chi connectivity index (χ3n) is 4.99. The Kier molecular flexibility index (Phi) is 5.29. The van der Waals surface area contributed by atoms with Gasteiger partial charge in [0.1, 0.15) is 0 Å². The van der Waals surface area contributed by atoms with Crippen molar-refractivity contribution >= 4 is 34.6 Å². The van der Waals surface area contributed by atoms with E-state index in [0.29, 0.717) is 16.9 Å². The molecule has 4 rings (SSSR count). The summed E-state index contributed by atoms with van der Waals surface area (Å²) in [5, 5.41) is 5.86. The molecule has 3 aromatic rings. The van der Waals surface area contributed by atoms with E-state index in [-0.39, 0.29) is 17.7 Å². The molecule has 0 saturated heterocycles. The lowest BCUT2D eigenvalue weighted by Gasteiger charge is -2.22. The van der Waals surface area contributed by atoms with Crippen LogP contribution in [-0.2, 0) is 4.79 Å². The normalized spacial score (nSPS) is 12.9. The summed E-state index contributed by atoms with van der Waals surface area (Å²) in [6.07, 6.45) is 1.90. The second kappa shape index (κ2) is 8.19. The Balaban J connectivity index is 1.53. The van der Waals surface area contributed by atoms with Crippen LogP contribution < -0.4 is 15.5 Å². The first-order valence-corrected chi connectivity index (χ1v) is 9.72. The van der Waals surface area contributed by atoms with Gasteiger partial charge in [-0.15, -0.1) is 0 Å². The predicted molar refractivity (Wildman–Crippen MR) is 117 cm³/mol. The van der Waals surface area contributed by atoms with Crippen molar-refractivity contribution in [2.45, 2.75) is 12.8 Å². The van der Waals surface area contributed by atoms with Crippen LogP contribution in [0.2, 0.25) is 0 Å². The predicted octanol–water partition coefficient (Wildman–Crippen LogP) is 5.06. The molecule has 0 unspecified atom stereocenters. The van der Waals surface area contributed by atoms with Crippen LogP contribution in [0.5, 0.6) is 0 Å². The van der Waals surface area contributed by atoms with Crippen LogP contribution in [0.15, 0.2) is 78.9 Å². The Morgan fingerprint density at radius 1 is 0.828 bits per heavy atom. The Hall–Kier alpha value is -3.60. The monoisotopic (exact) mass is 385 g/mol. The zero-order chi connectivity index (χ0) is 20.2. The quantitative estimate of drug-likeness (QED) is 0.624. The van der Waals surface area contributed by atoms with Gasteiger partial charge >= 0.3 is 0 Å². The number of hydrogen-bond donors (Lipinski definition) is 2. The summed E-state index contributed by atoms with van der Waals surface area (Å²) in [7, 11) is 1.94. The molecule has 5 nitrogen and oxygen atoms in total. The molecule has 0 aromatic heterocycles. The fraction of sp³-hybridized carbons (Fsp3) is 0.167. The molecule has 2 N–H and O–H groups in total. The maximum Gasteiger partial charge on any atom is 0.257 e. The molecule has 1 fully saturated rings. The highest BCUT2D eigenvalue weighted by Gasteiger charge is 2.29. The van der Waals surface area contributed by atoms with E-state index in [1.807, 2.05) is 84.7 Å². The summed E-state index contributed by atoms with van der Waals surface area (Å²) >= 11 is 0. The zero-order valence-electron chi connectivity index (χ0n) is 16.3. The molecule has 1 saturated carbocycles. The number of anilines is 4. The number of nitrogens with one attached hydrogen (secondary N) is 2. The Labute approximate surface area is 170 Å². The Morgan fingerprint density at radius 2 is 1.48 bits per heavy atom. The summed E-state index contributed by atoms with van der Waals surface area (Å²) in [5.41, 5.74) is 3.72. The number of hydrogen-bond acceptors (Lipinski definition) is 3. The lowest BCUT2D eigenvalue weighted by molar-refractivity contribution is -0.117. The van der Waals surface area contributed by atoms with E-state index in [1.165, 1.54) is 0 Å². The van der Waals surface area contributed by atoms with Crippen LogP contribution in [0.1, 0.15) is 23.2 Å². The van der Waals surface area contributed by atoms with E-state index in [9.17, 15) is 9.59 Å². The number of amides is 2. The minimum atomic E-state index is -0.200. The topological polar surface area (TPSA) is 61.4 Å². The van der Waals surface area contributed by atoms with Crippen molar-refractivity contribution in [2.75, 3.05) is 22.6 Å². The molecular weight excluding hydrogens is 362 g/mol. The van der Waals surface area contributed by atoms with Gasteiger partial charge in [-0.2, -0.15) is 0 Å². The largest absolute Gasteiger partial charge is 0.344 e. The van der Waals surface area contributed by atoms with Crippen LogP contribution in [0.3, 0.4) is 0 Å². The molecule has 0 spiro atoms. The minimum Gasteiger partial charge on any atom is -0.344 e. The van der Waals surface area contributed by atoms with Gasteiger partial charge in [0.15, 0.2) is 0 Å². The van der Waals surface area contributed by atoms with Gasteiger partial charge < -0.3 is 15.5 Å². The zero-order valence-corrected chi connectivity index (χ0v) is 16.3. The molecule has 1 aliphatic rings. The molecule has 5 heteroatoms. The van der Waals surface area contributed by atoms with Crippen molar-refractivity contribution in [3.63, 3.8) is 0 Å². The van der Waals surface area contributed by atoms with Crippen LogP contribution in [0.25, 0.3) is 0 Å². The minimum absolute atomic E-state index is 0.0447. The maximum atomic E-state index is 13.0. The van der Waals surface area contributed by atoms with Crippen LogP contribution >= 0.6 is 0 Å². The van der Waals surface area contributed by atoms with Gasteiger partial charge in [0.25, 0.3) is 5.91 Å². The molecule has 2 amide bonds. The van der Waals surface area contributed by atoms with Crippen LogP contribution in [0.4, 0.5) is 22.7 Å². The first kappa shape index (κ1) is 18.7. The van der Waals surface area contributed by atoms with Crippen LogP contribution in [0, 0.1) is 5.92 Å². The van der Waals surface area contributed by atoms with Gasteiger partial charge in [-0.1, -0.05) is 36.4 Å². The van der Waals surface area contributed by atoms with Crippen molar-refractivity contribution in [1.29, 1.82) is 0 Å². The van der Waals surface area contributed by atoms with Gasteiger partial charge in [-0.3, -0.25) is 9.59 Å². The first-order chi connectivity index (χ1) is 14.1. The smallest absolute Gasteiger partial charge is 0.257 e. The van der Waals surface area contributed by atoms with E-state index < -0.39 is 0 Å². The average molecular weight is 385 g/mol. The van der Waals surface area contributed by atoms with Crippen LogP contribution in [-0.4, -0.2) is 18.9 Å². The second-order valence-electron chi connectivity index (χ2n) is 7.21. The number of carbonyl (C=O) groups is 2. The van der Waals surface area contributed by atoms with Crippen molar-refractivity contribution in [3.05, 3.63) is 84.4 Å². The fourth-order valence-corrected chi connectivity index (χ4v) is 3.21. The number of benzene rings is 3. The molecule has 3 aromatic carbocycles. The van der Waals surface area contributed by atoms with Crippen molar-refractivity contribution < 1.29 is 9.59 Å². The molecule has 0 radical (unpaired) electrons. The van der Waals surface area contributed by atoms with Gasteiger partial charge in [0.05, 0.1) is 11.3 Å². The van der Waals surface area contributed by atoms with Crippen molar-refractivity contribution in [3.8, 4) is 0 Å². The van der Waals surface area contributed by atoms with E-state index in [4.69, 9.17) is 0 Å². The molecule has 0 bridgehead atoms. The van der Waals surface area contributed by atoms with Gasteiger partial charge in [-0.25, -0.2) is 0 Å². The second-order valence-corrected chi connectivity index (χ2v) is 7.21. The lowest BCUT2D eigenvalue weighted by atomic mass is 10.1. The Bertz CT molecular complexity index is 1030. The average Bonchev–Trinajstić information content (AvgIpc) is 3.60. The highest BCUT2D eigenvalue weighted by atomic mass is 16.2. The first-order valence-electron chi connectivity index (χ1n) is 9.72. The standard InChI is InChI=1S/C24H23N3O2/c1-27(20-10-3-2-4-11-20)22-13-6-5-12-21(22)24(29)26-19-9-7-8-18(16-19)25-23(28)17-14-15-17/h2-13,16-17H,14-15H2,1H3,(H,25,28)(H,26,29). The van der Waals surface area contributed by atoms with E-state index >= 15 is 0 Å². The number of carbonyl (C=O) groups excluding carboxylic acids is 2. The third kappa shape index (κ3) is 4.46. The van der Waals surface area contributed by atoms with E-state index in [2.05, 4.69) is 10.6 Å². The summed E-state index contributed by atoms with van der Waals surface area (Å²) in [4.78, 5) is 27.0. The van der Waals surface area contributed by atoms with Crippen molar-refractivity contribution in [2.24, 2.45) is 5.92 Å². The summed E-state index contributed by atoms with van der Waals surface area (Å²) in [6, 6.07) is 24.6. The molecule has 29 heavy (non-hydrogen) atoms. The summed E-state index contributed by atoms with van der Waals surface area (Å²) < 4.78 is 0. The highest BCUT2D eigenvalue weighted by molar-refractivity contribution is 6.09. The Morgan fingerprint density at radius 3 is 2.21 bits per heavy atom. The highest BCUT2D eigenvalue weighted by Crippen LogP contribution is 2.31. The molecular formula is C24H23N3O2. The maximum absolute atomic E-state index is 13.0. The molecule has 0 atom stereocenters. The van der Waals surface area contributed by atoms with E-state index in [1.54, 1.807) is 6.07 Å². The van der Waals surface area contributed by atoms with E-state index in [0.717, 1.165) is 24.2 Å². The SMILES string of the molecule is CN(c1ccccc1)c1ccccc1C(=O)Nc1cccc(NC(=O)C2CC2)c1. The molecule has 0 aliphatic heterocycles. The fourth-order valence-electron chi connectivity index (χ4n) is 3.21. The number of rotatable bonds is 6. The van der Waals surface area contributed by atoms with Gasteiger partial charge in [0.2, 0.25) is 5.91 Å². The third-order valence-corrected chi connectivity index (χ3v) is 4.99. The van der Waals surface area contributed by atoms with Gasteiger partial charge in [-0.05, 0) is 55.3 Å². The summed E-state index contributed by atoms with van der Waals surface area (Å²) in [6.45, 7) is 0. The molecule has 0 heterocycles. The van der Waals surface area contributed by atoms with Crippen molar-refractivity contribution in [1.82, 2.24) is 0 Å². The lowest BCUT2D eigenvalue weighted by Crippen LogP contribution is -2.18. The number of nitrogens with zero attached hydrogens (tertiary/aromatic N) is 1. The van der Waals surface area contributed by atoms with Gasteiger partial charge in [0, 0.05) is 30.0 Å². The summed E-state index contributed by atoms with van der Waals surface area (Å²) in [5.74, 6) is -0.0222. The molecule has 146 valence electrons. The number of para-hydroxylation sites is 2.